The zero-order valence-corrected chi connectivity index (χ0v) is 6.71. The molecule has 0 radical (unpaired) electrons. The molecule has 1 N–H and O–H groups in total. The minimum atomic E-state index is -0.142. The molecule has 1 aliphatic rings. The first-order valence-corrected chi connectivity index (χ1v) is 4.03. The summed E-state index contributed by atoms with van der Waals surface area (Å²) in [5.74, 6) is 0.497. The molecule has 0 aliphatic heterocycles. The van der Waals surface area contributed by atoms with E-state index in [9.17, 15) is 0 Å². The summed E-state index contributed by atoms with van der Waals surface area (Å²) in [6, 6.07) is 0. The van der Waals surface area contributed by atoms with Gasteiger partial charge in [-0.15, -0.1) is 0 Å². The molecule has 1 unspecified atom stereocenters. The fraction of sp³-hybridized carbons (Fsp3) is 1.00. The van der Waals surface area contributed by atoms with Gasteiger partial charge in [-0.05, 0) is 32.6 Å². The maximum absolute atomic E-state index is 9.10. The monoisotopic (exact) mass is 144 g/mol. The van der Waals surface area contributed by atoms with Crippen molar-refractivity contribution in [1.82, 2.24) is 0 Å². The van der Waals surface area contributed by atoms with Crippen LogP contribution in [-0.4, -0.2) is 23.9 Å². The van der Waals surface area contributed by atoms with E-state index >= 15 is 0 Å². The molecule has 1 fully saturated rings. The molecule has 0 bridgehead atoms. The maximum atomic E-state index is 9.10. The molecule has 0 aromatic heterocycles. The number of hydrogen-bond acceptors (Lipinski definition) is 2. The van der Waals surface area contributed by atoms with Crippen molar-refractivity contribution in [1.29, 1.82) is 0 Å². The van der Waals surface area contributed by atoms with Crippen LogP contribution in [0.4, 0.5) is 0 Å². The van der Waals surface area contributed by atoms with Crippen molar-refractivity contribution in [3.8, 4) is 0 Å². The van der Waals surface area contributed by atoms with E-state index in [4.69, 9.17) is 9.84 Å². The smallest absolute Gasteiger partial charge is 0.0582 e. The molecule has 1 aliphatic carbocycles. The highest BCUT2D eigenvalue weighted by atomic mass is 16.5. The molecule has 0 aromatic rings. The van der Waals surface area contributed by atoms with E-state index in [0.717, 1.165) is 19.4 Å². The van der Waals surface area contributed by atoms with E-state index in [2.05, 4.69) is 0 Å². The summed E-state index contributed by atoms with van der Waals surface area (Å²) >= 11 is 0. The summed E-state index contributed by atoms with van der Waals surface area (Å²) in [4.78, 5) is 0. The molecule has 2 nitrogen and oxygen atoms in total. The largest absolute Gasteiger partial charge is 0.393 e. The molecule has 2 heteroatoms. The first-order chi connectivity index (χ1) is 4.74. The molecule has 0 amide bonds. The van der Waals surface area contributed by atoms with Gasteiger partial charge in [0.2, 0.25) is 0 Å². The first kappa shape index (κ1) is 8.02. The average molecular weight is 144 g/mol. The lowest BCUT2D eigenvalue weighted by Gasteiger charge is -2.36. The number of aliphatic hydroxyl groups is 1. The van der Waals surface area contributed by atoms with Gasteiger partial charge in [-0.1, -0.05) is 0 Å². The van der Waals surface area contributed by atoms with Gasteiger partial charge in [0.05, 0.1) is 12.2 Å². The Balaban J connectivity index is 2.06. The lowest BCUT2D eigenvalue weighted by molar-refractivity contribution is -0.0612. The summed E-state index contributed by atoms with van der Waals surface area (Å²) in [6.07, 6.45) is 2.39. The Morgan fingerprint density at radius 3 is 2.60 bits per heavy atom. The van der Waals surface area contributed by atoms with Crippen LogP contribution in [0.1, 0.15) is 26.7 Å². The van der Waals surface area contributed by atoms with Crippen LogP contribution in [0.25, 0.3) is 0 Å². The van der Waals surface area contributed by atoms with Gasteiger partial charge in [0.25, 0.3) is 0 Å². The molecule has 0 spiro atoms. The van der Waals surface area contributed by atoms with E-state index in [1.54, 1.807) is 0 Å². The molecule has 10 heavy (non-hydrogen) atoms. The Morgan fingerprint density at radius 1 is 1.60 bits per heavy atom. The average Bonchev–Trinajstić information content (AvgIpc) is 1.76. The van der Waals surface area contributed by atoms with Crippen molar-refractivity contribution in [2.75, 3.05) is 6.61 Å². The Bertz CT molecular complexity index is 95.4. The van der Waals surface area contributed by atoms with Crippen LogP contribution in [0, 0.1) is 5.92 Å². The quantitative estimate of drug-likeness (QED) is 0.644. The lowest BCUT2D eigenvalue weighted by Crippen LogP contribution is -2.37. The van der Waals surface area contributed by atoms with Crippen molar-refractivity contribution < 1.29 is 9.84 Å². The van der Waals surface area contributed by atoms with Crippen LogP contribution in [0.2, 0.25) is 0 Å². The molecule has 60 valence electrons. The fourth-order valence-electron chi connectivity index (χ4n) is 1.37. The highest BCUT2D eigenvalue weighted by Gasteiger charge is 2.32. The molecule has 1 atom stereocenters. The molecular weight excluding hydrogens is 128 g/mol. The van der Waals surface area contributed by atoms with Crippen molar-refractivity contribution in [2.24, 2.45) is 5.92 Å². The second-order valence-electron chi connectivity index (χ2n) is 3.05. The second kappa shape index (κ2) is 3.35. The summed E-state index contributed by atoms with van der Waals surface area (Å²) in [5, 5.41) is 9.10. The SMILES string of the molecule is CCOC1CC(C(C)O)C1. The van der Waals surface area contributed by atoms with Crippen molar-refractivity contribution >= 4 is 0 Å². The van der Waals surface area contributed by atoms with E-state index < -0.39 is 0 Å². The lowest BCUT2D eigenvalue weighted by atomic mass is 9.79. The van der Waals surface area contributed by atoms with Gasteiger partial charge in [0.1, 0.15) is 0 Å². The van der Waals surface area contributed by atoms with Crippen molar-refractivity contribution in [3.05, 3.63) is 0 Å². The predicted octanol–water partition coefficient (Wildman–Crippen LogP) is 1.18. The van der Waals surface area contributed by atoms with Gasteiger partial charge in [0.15, 0.2) is 0 Å². The molecule has 1 saturated carbocycles. The minimum Gasteiger partial charge on any atom is -0.393 e. The summed E-state index contributed by atoms with van der Waals surface area (Å²) in [7, 11) is 0. The van der Waals surface area contributed by atoms with Crippen LogP contribution in [0.5, 0.6) is 0 Å². The van der Waals surface area contributed by atoms with Gasteiger partial charge in [-0.25, -0.2) is 0 Å². The molecule has 0 saturated heterocycles. The highest BCUT2D eigenvalue weighted by molar-refractivity contribution is 4.83. The molecule has 0 aromatic carbocycles. The fourth-order valence-corrected chi connectivity index (χ4v) is 1.37. The maximum Gasteiger partial charge on any atom is 0.0582 e. The van der Waals surface area contributed by atoms with E-state index in [0.29, 0.717) is 12.0 Å². The summed E-state index contributed by atoms with van der Waals surface area (Å²) in [5.41, 5.74) is 0. The molecular formula is C8H16O2. The first-order valence-electron chi connectivity index (χ1n) is 4.03. The van der Waals surface area contributed by atoms with Crippen LogP contribution < -0.4 is 0 Å². The number of ether oxygens (including phenoxy) is 1. The Morgan fingerprint density at radius 2 is 2.20 bits per heavy atom. The van der Waals surface area contributed by atoms with Gasteiger partial charge in [0, 0.05) is 6.61 Å². The standard InChI is InChI=1S/C8H16O2/c1-3-10-8-4-7(5-8)6(2)9/h6-9H,3-5H2,1-2H3. The Labute approximate surface area is 62.2 Å². The molecule has 1 rings (SSSR count). The third-order valence-corrected chi connectivity index (χ3v) is 2.22. The third kappa shape index (κ3) is 1.70. The normalized spacial score (nSPS) is 35.1. The van der Waals surface area contributed by atoms with Crippen LogP contribution in [0.3, 0.4) is 0 Å². The topological polar surface area (TPSA) is 29.5 Å². The summed E-state index contributed by atoms with van der Waals surface area (Å²) in [6.45, 7) is 4.67. The summed E-state index contributed by atoms with van der Waals surface area (Å²) < 4.78 is 5.35. The van der Waals surface area contributed by atoms with E-state index in [1.165, 1.54) is 0 Å². The van der Waals surface area contributed by atoms with Crippen molar-refractivity contribution in [2.45, 2.75) is 38.9 Å². The van der Waals surface area contributed by atoms with E-state index in [-0.39, 0.29) is 6.10 Å². The number of rotatable bonds is 3. The van der Waals surface area contributed by atoms with Gasteiger partial charge in [-0.3, -0.25) is 0 Å². The van der Waals surface area contributed by atoms with Gasteiger partial charge in [-0.2, -0.15) is 0 Å². The van der Waals surface area contributed by atoms with E-state index in [1.807, 2.05) is 13.8 Å². The highest BCUT2D eigenvalue weighted by Crippen LogP contribution is 2.32. The zero-order valence-electron chi connectivity index (χ0n) is 6.71. The number of aliphatic hydroxyl groups excluding tert-OH is 1. The third-order valence-electron chi connectivity index (χ3n) is 2.22. The number of hydrogen-bond donors (Lipinski definition) is 1. The Kier molecular flexibility index (Phi) is 2.69. The van der Waals surface area contributed by atoms with Gasteiger partial charge >= 0.3 is 0 Å². The van der Waals surface area contributed by atoms with Crippen LogP contribution in [0.15, 0.2) is 0 Å². The van der Waals surface area contributed by atoms with Crippen LogP contribution in [-0.2, 0) is 4.74 Å². The molecule has 0 heterocycles. The Hall–Kier alpha value is -0.0800. The minimum absolute atomic E-state index is 0.142. The second-order valence-corrected chi connectivity index (χ2v) is 3.05. The van der Waals surface area contributed by atoms with Gasteiger partial charge < -0.3 is 9.84 Å². The van der Waals surface area contributed by atoms with Crippen LogP contribution >= 0.6 is 0 Å². The predicted molar refractivity (Wildman–Crippen MR) is 39.8 cm³/mol. The van der Waals surface area contributed by atoms with Crippen molar-refractivity contribution in [3.63, 3.8) is 0 Å². The zero-order chi connectivity index (χ0) is 7.56.